The summed E-state index contributed by atoms with van der Waals surface area (Å²) in [6.07, 6.45) is 7.13. The molecule has 8 aromatic rings. The van der Waals surface area contributed by atoms with Gasteiger partial charge in [-0.2, -0.15) is 5.26 Å². The summed E-state index contributed by atoms with van der Waals surface area (Å²) in [5.74, 6) is 0.448. The maximum atomic E-state index is 13.3. The number of hydrogen-bond acceptors (Lipinski definition) is 7. The molecule has 5 aromatic heterocycles. The first kappa shape index (κ1) is 24.8. The smallest absolute Gasteiger partial charge is 0.206 e. The first-order chi connectivity index (χ1) is 20.9. The van der Waals surface area contributed by atoms with Gasteiger partial charge in [0, 0.05) is 39.6 Å². The van der Waals surface area contributed by atoms with Crippen molar-refractivity contribution < 1.29 is 8.42 Å². The molecule has 0 spiro atoms. The van der Waals surface area contributed by atoms with Crippen LogP contribution in [0.1, 0.15) is 5.56 Å². The standard InChI is InChI=1S/C33H21N7O2S/c34-15-19-5-9-21(10-6-19)43(41,42)22-11-7-20(8-12-22)39-28-18-38-16-25-23-3-1-2-4-26(23)40-27-17-37-14-13-24(27)31(35)32(40)30(29(25)28)33(39)36/h1-14,16-18H,35-36H2. The summed E-state index contributed by atoms with van der Waals surface area (Å²) in [4.78, 5) is 9.21. The number of nitrogens with zero attached hydrogens (tertiary/aromatic N) is 5. The van der Waals surface area contributed by atoms with E-state index in [1.807, 2.05) is 41.1 Å². The molecule has 3 aromatic carbocycles. The second kappa shape index (κ2) is 8.79. The number of pyridine rings is 2. The SMILES string of the molecule is N#Cc1ccc(S(=O)(=O)c2ccc(-n3c(N)c4c5c(cncc53)c3ccccc3n3c5cnccc5c(N)c43)cc2)cc1. The lowest BCUT2D eigenvalue weighted by atomic mass is 10.1. The molecular weight excluding hydrogens is 558 g/mol. The lowest BCUT2D eigenvalue weighted by Gasteiger charge is -2.10. The van der Waals surface area contributed by atoms with Crippen LogP contribution in [0.25, 0.3) is 54.7 Å². The van der Waals surface area contributed by atoms with Crippen LogP contribution in [0.2, 0.25) is 0 Å². The molecular formula is C33H21N7O2S. The van der Waals surface area contributed by atoms with Gasteiger partial charge in [-0.3, -0.25) is 14.5 Å². The Bertz CT molecular complexity index is 2590. The van der Waals surface area contributed by atoms with Gasteiger partial charge in [-0.05, 0) is 60.7 Å². The predicted molar refractivity (Wildman–Crippen MR) is 168 cm³/mol. The van der Waals surface area contributed by atoms with E-state index in [1.54, 1.807) is 42.9 Å². The Kier molecular flexibility index (Phi) is 5.08. The van der Waals surface area contributed by atoms with E-state index in [0.29, 0.717) is 22.8 Å². The van der Waals surface area contributed by atoms with Crippen LogP contribution in [-0.4, -0.2) is 27.4 Å². The number of nitriles is 1. The van der Waals surface area contributed by atoms with Crippen LogP contribution in [0, 0.1) is 11.3 Å². The van der Waals surface area contributed by atoms with E-state index in [-0.39, 0.29) is 9.79 Å². The summed E-state index contributed by atoms with van der Waals surface area (Å²) in [5, 5.41) is 13.5. The predicted octanol–water partition coefficient (Wildman–Crippen LogP) is 6.00. The maximum absolute atomic E-state index is 13.3. The average Bonchev–Trinajstić information content (AvgIpc) is 3.45. The lowest BCUT2D eigenvalue weighted by Crippen LogP contribution is -2.04. The molecule has 0 saturated heterocycles. The highest BCUT2D eigenvalue weighted by molar-refractivity contribution is 7.91. The fraction of sp³-hybridized carbons (Fsp3) is 0. The highest BCUT2D eigenvalue weighted by Gasteiger charge is 2.24. The highest BCUT2D eigenvalue weighted by Crippen LogP contribution is 2.44. The van der Waals surface area contributed by atoms with Gasteiger partial charge < -0.3 is 15.9 Å². The van der Waals surface area contributed by atoms with E-state index in [1.165, 1.54) is 24.3 Å². The fourth-order valence-corrected chi connectivity index (χ4v) is 7.41. The van der Waals surface area contributed by atoms with Crippen molar-refractivity contribution in [2.45, 2.75) is 9.79 Å². The molecule has 206 valence electrons. The number of sulfone groups is 1. The molecule has 9 nitrogen and oxygen atoms in total. The first-order valence-corrected chi connectivity index (χ1v) is 14.9. The molecule has 0 aliphatic rings. The van der Waals surface area contributed by atoms with Crippen molar-refractivity contribution in [2.24, 2.45) is 0 Å². The van der Waals surface area contributed by atoms with E-state index in [2.05, 4.69) is 20.4 Å². The molecule has 0 radical (unpaired) electrons. The second-order valence-electron chi connectivity index (χ2n) is 10.3. The van der Waals surface area contributed by atoms with Crippen molar-refractivity contribution >= 4 is 70.3 Å². The quantitative estimate of drug-likeness (QED) is 0.261. The van der Waals surface area contributed by atoms with Gasteiger partial charge >= 0.3 is 0 Å². The Balaban J connectivity index is 1.44. The molecule has 0 fully saturated rings. The Morgan fingerprint density at radius 3 is 2.14 bits per heavy atom. The molecule has 0 aliphatic carbocycles. The van der Waals surface area contributed by atoms with Crippen LogP contribution in [0.3, 0.4) is 0 Å². The number of fused-ring (bicyclic) bond motifs is 7. The number of anilines is 2. The number of benzene rings is 3. The van der Waals surface area contributed by atoms with Gasteiger partial charge in [-0.25, -0.2) is 8.42 Å². The van der Waals surface area contributed by atoms with Crippen molar-refractivity contribution in [1.82, 2.24) is 18.9 Å². The van der Waals surface area contributed by atoms with Crippen LogP contribution >= 0.6 is 0 Å². The largest absolute Gasteiger partial charge is 0.396 e. The maximum Gasteiger partial charge on any atom is 0.206 e. The molecule has 0 saturated carbocycles. The van der Waals surface area contributed by atoms with Crippen molar-refractivity contribution in [2.75, 3.05) is 11.5 Å². The van der Waals surface area contributed by atoms with Crippen LogP contribution in [0.5, 0.6) is 0 Å². The van der Waals surface area contributed by atoms with Crippen LogP contribution in [0.15, 0.2) is 113 Å². The van der Waals surface area contributed by atoms with E-state index >= 15 is 0 Å². The minimum atomic E-state index is -3.80. The average molecular weight is 580 g/mol. The summed E-state index contributed by atoms with van der Waals surface area (Å²) in [6.45, 7) is 0. The summed E-state index contributed by atoms with van der Waals surface area (Å²) in [6, 6.07) is 24.4. The molecule has 0 unspecified atom stereocenters. The Hall–Kier alpha value is -5.92. The third kappa shape index (κ3) is 3.34. The third-order valence-corrected chi connectivity index (χ3v) is 9.88. The highest BCUT2D eigenvalue weighted by atomic mass is 32.2. The van der Waals surface area contributed by atoms with E-state index < -0.39 is 9.84 Å². The lowest BCUT2D eigenvalue weighted by molar-refractivity contribution is 0.596. The molecule has 0 bridgehead atoms. The second-order valence-corrected chi connectivity index (χ2v) is 12.3. The summed E-state index contributed by atoms with van der Waals surface area (Å²) in [5.41, 5.74) is 18.9. The zero-order chi connectivity index (χ0) is 29.5. The van der Waals surface area contributed by atoms with E-state index in [0.717, 1.165) is 49.0 Å². The van der Waals surface area contributed by atoms with Crippen LogP contribution in [0.4, 0.5) is 11.5 Å². The topological polar surface area (TPSA) is 145 Å². The van der Waals surface area contributed by atoms with Crippen molar-refractivity contribution in [3.8, 4) is 11.8 Å². The van der Waals surface area contributed by atoms with E-state index in [9.17, 15) is 8.42 Å². The van der Waals surface area contributed by atoms with E-state index in [4.69, 9.17) is 16.7 Å². The minimum Gasteiger partial charge on any atom is -0.396 e. The number of hydrogen-bond donors (Lipinski definition) is 2. The monoisotopic (exact) mass is 579 g/mol. The molecule has 0 atom stereocenters. The van der Waals surface area contributed by atoms with Gasteiger partial charge in [0.05, 0.1) is 67.0 Å². The normalized spacial score (nSPS) is 12.1. The Morgan fingerprint density at radius 1 is 0.698 bits per heavy atom. The first-order valence-electron chi connectivity index (χ1n) is 13.4. The molecule has 43 heavy (non-hydrogen) atoms. The zero-order valence-electron chi connectivity index (χ0n) is 22.4. The number of para-hydroxylation sites is 1. The Labute approximate surface area is 244 Å². The van der Waals surface area contributed by atoms with Gasteiger partial charge in [-0.1, -0.05) is 18.2 Å². The zero-order valence-corrected chi connectivity index (χ0v) is 23.2. The van der Waals surface area contributed by atoms with Gasteiger partial charge in [-0.15, -0.1) is 0 Å². The summed E-state index contributed by atoms with van der Waals surface area (Å²) in [7, 11) is -3.80. The van der Waals surface area contributed by atoms with Gasteiger partial charge in [0.15, 0.2) is 0 Å². The Morgan fingerprint density at radius 2 is 1.40 bits per heavy atom. The van der Waals surface area contributed by atoms with Crippen LogP contribution in [-0.2, 0) is 9.84 Å². The van der Waals surface area contributed by atoms with Crippen molar-refractivity contribution in [3.63, 3.8) is 0 Å². The van der Waals surface area contributed by atoms with Gasteiger partial charge in [0.25, 0.3) is 0 Å². The minimum absolute atomic E-state index is 0.111. The number of rotatable bonds is 3. The molecule has 4 N–H and O–H groups in total. The fourth-order valence-electron chi connectivity index (χ4n) is 6.15. The number of nitrogens with two attached hydrogens (primary N) is 2. The molecule has 0 aliphatic heterocycles. The van der Waals surface area contributed by atoms with Crippen LogP contribution < -0.4 is 11.5 Å². The molecule has 8 rings (SSSR count). The third-order valence-electron chi connectivity index (χ3n) is 8.09. The van der Waals surface area contributed by atoms with Gasteiger partial charge in [0.2, 0.25) is 9.84 Å². The summed E-state index contributed by atoms with van der Waals surface area (Å²) >= 11 is 0. The number of aromatic nitrogens is 4. The van der Waals surface area contributed by atoms with Crippen molar-refractivity contribution in [3.05, 3.63) is 109 Å². The molecule has 5 heterocycles. The molecule has 10 heteroatoms. The summed E-state index contributed by atoms with van der Waals surface area (Å²) < 4.78 is 30.7. The molecule has 0 amide bonds. The number of nitrogen functional groups attached to an aromatic ring is 2. The van der Waals surface area contributed by atoms with Crippen molar-refractivity contribution in [1.29, 1.82) is 5.26 Å². The van der Waals surface area contributed by atoms with Gasteiger partial charge in [0.1, 0.15) is 5.82 Å².